The van der Waals surface area contributed by atoms with Gasteiger partial charge in [-0.1, -0.05) is 23.8 Å². The normalized spacial score (nSPS) is 11.9. The molecule has 0 saturated carbocycles. The van der Waals surface area contributed by atoms with Gasteiger partial charge in [0.15, 0.2) is 5.11 Å². The lowest BCUT2D eigenvalue weighted by atomic mass is 10.0. The summed E-state index contributed by atoms with van der Waals surface area (Å²) >= 11 is 5.20. The van der Waals surface area contributed by atoms with E-state index in [0.717, 1.165) is 22.8 Å². The largest absolute Gasteiger partial charge is 0.356 e. The second kappa shape index (κ2) is 6.83. The molecular formula is C17H18F2N2S. The van der Waals surface area contributed by atoms with E-state index < -0.39 is 11.6 Å². The van der Waals surface area contributed by atoms with Crippen LogP contribution in [0.2, 0.25) is 0 Å². The van der Waals surface area contributed by atoms with Gasteiger partial charge < -0.3 is 10.6 Å². The first-order chi connectivity index (χ1) is 10.4. The summed E-state index contributed by atoms with van der Waals surface area (Å²) in [5.41, 5.74) is 3.59. The molecule has 2 aromatic rings. The van der Waals surface area contributed by atoms with Crippen LogP contribution in [-0.2, 0) is 0 Å². The van der Waals surface area contributed by atoms with Crippen molar-refractivity contribution >= 4 is 23.0 Å². The average Bonchev–Trinajstić information content (AvgIpc) is 2.44. The fourth-order valence-corrected chi connectivity index (χ4v) is 2.54. The zero-order chi connectivity index (χ0) is 16.3. The number of rotatable bonds is 3. The summed E-state index contributed by atoms with van der Waals surface area (Å²) in [7, 11) is 0. The van der Waals surface area contributed by atoms with E-state index in [1.54, 1.807) is 0 Å². The van der Waals surface area contributed by atoms with E-state index in [1.165, 1.54) is 12.1 Å². The second-order valence-electron chi connectivity index (χ2n) is 5.30. The maximum absolute atomic E-state index is 13.6. The topological polar surface area (TPSA) is 24.1 Å². The van der Waals surface area contributed by atoms with Gasteiger partial charge in [-0.2, -0.15) is 0 Å². The minimum Gasteiger partial charge on any atom is -0.356 e. The second-order valence-corrected chi connectivity index (χ2v) is 5.71. The fraction of sp³-hybridized carbons (Fsp3) is 0.235. The standard InChI is InChI=1S/C17H18F2N2S/c1-10-4-5-11(2)14(8-10)12(3)20-17(22)21-16-7-6-13(18)9-15(16)19/h4-9,12H,1-3H3,(H2,20,21,22)/t12-/m0/s1. The van der Waals surface area contributed by atoms with Crippen molar-refractivity contribution in [2.24, 2.45) is 0 Å². The van der Waals surface area contributed by atoms with Gasteiger partial charge in [0.05, 0.1) is 11.7 Å². The highest BCUT2D eigenvalue weighted by molar-refractivity contribution is 7.80. The summed E-state index contributed by atoms with van der Waals surface area (Å²) in [6.07, 6.45) is 0. The van der Waals surface area contributed by atoms with Gasteiger partial charge in [0.2, 0.25) is 0 Å². The van der Waals surface area contributed by atoms with E-state index in [4.69, 9.17) is 12.2 Å². The Labute approximate surface area is 134 Å². The van der Waals surface area contributed by atoms with Crippen LogP contribution in [0.1, 0.15) is 29.7 Å². The molecule has 0 heterocycles. The number of anilines is 1. The van der Waals surface area contributed by atoms with Crippen molar-refractivity contribution in [3.05, 3.63) is 64.7 Å². The summed E-state index contributed by atoms with van der Waals surface area (Å²) < 4.78 is 26.5. The minimum absolute atomic E-state index is 0.0246. The predicted molar refractivity (Wildman–Crippen MR) is 90.0 cm³/mol. The minimum atomic E-state index is -0.677. The lowest BCUT2D eigenvalue weighted by Gasteiger charge is -2.20. The highest BCUT2D eigenvalue weighted by atomic mass is 32.1. The number of aryl methyl sites for hydroxylation is 2. The molecule has 0 radical (unpaired) electrons. The van der Waals surface area contributed by atoms with Crippen LogP contribution in [0, 0.1) is 25.5 Å². The Morgan fingerprint density at radius 1 is 1.09 bits per heavy atom. The van der Waals surface area contributed by atoms with Crippen molar-refractivity contribution in [1.29, 1.82) is 0 Å². The lowest BCUT2D eigenvalue weighted by molar-refractivity contribution is 0.586. The Balaban J connectivity index is 2.06. The third-order valence-corrected chi connectivity index (χ3v) is 3.65. The molecule has 0 unspecified atom stereocenters. The zero-order valence-corrected chi connectivity index (χ0v) is 13.5. The highest BCUT2D eigenvalue weighted by Crippen LogP contribution is 2.20. The molecule has 0 amide bonds. The van der Waals surface area contributed by atoms with Crippen LogP contribution >= 0.6 is 12.2 Å². The molecule has 0 fully saturated rings. The molecule has 1 atom stereocenters. The molecule has 0 bridgehead atoms. The van der Waals surface area contributed by atoms with E-state index >= 15 is 0 Å². The summed E-state index contributed by atoms with van der Waals surface area (Å²) in [6, 6.07) is 9.49. The quantitative estimate of drug-likeness (QED) is 0.806. The first-order valence-corrected chi connectivity index (χ1v) is 7.37. The number of thiocarbonyl (C=S) groups is 1. The van der Waals surface area contributed by atoms with Crippen molar-refractivity contribution in [3.8, 4) is 0 Å². The van der Waals surface area contributed by atoms with Crippen LogP contribution in [0.3, 0.4) is 0 Å². The molecule has 0 aliphatic heterocycles. The molecule has 0 aromatic heterocycles. The Morgan fingerprint density at radius 3 is 2.50 bits per heavy atom. The van der Waals surface area contributed by atoms with Gasteiger partial charge in [0, 0.05) is 6.07 Å². The van der Waals surface area contributed by atoms with Gasteiger partial charge in [0.25, 0.3) is 0 Å². The van der Waals surface area contributed by atoms with Gasteiger partial charge in [0.1, 0.15) is 11.6 Å². The first-order valence-electron chi connectivity index (χ1n) is 6.96. The number of hydrogen-bond acceptors (Lipinski definition) is 1. The molecule has 22 heavy (non-hydrogen) atoms. The maximum atomic E-state index is 13.6. The Bertz CT molecular complexity index is 701. The fourth-order valence-electron chi connectivity index (χ4n) is 2.25. The van der Waals surface area contributed by atoms with Crippen LogP contribution in [0.25, 0.3) is 0 Å². The highest BCUT2D eigenvalue weighted by Gasteiger charge is 2.11. The molecule has 116 valence electrons. The van der Waals surface area contributed by atoms with Gasteiger partial charge in [-0.3, -0.25) is 0 Å². The SMILES string of the molecule is Cc1ccc(C)c([C@H](C)NC(=S)Nc2ccc(F)cc2F)c1. The van der Waals surface area contributed by atoms with Crippen LogP contribution in [0.5, 0.6) is 0 Å². The first kappa shape index (κ1) is 16.4. The molecule has 0 aliphatic carbocycles. The molecule has 0 saturated heterocycles. The number of halogens is 2. The van der Waals surface area contributed by atoms with E-state index in [1.807, 2.05) is 20.8 Å². The van der Waals surface area contributed by atoms with Crippen LogP contribution in [-0.4, -0.2) is 5.11 Å². The van der Waals surface area contributed by atoms with Gasteiger partial charge in [-0.15, -0.1) is 0 Å². The molecule has 2 aromatic carbocycles. The van der Waals surface area contributed by atoms with Crippen molar-refractivity contribution in [1.82, 2.24) is 5.32 Å². The number of hydrogen-bond donors (Lipinski definition) is 2. The smallest absolute Gasteiger partial charge is 0.171 e. The zero-order valence-electron chi connectivity index (χ0n) is 12.7. The molecule has 0 spiro atoms. The van der Waals surface area contributed by atoms with Crippen LogP contribution in [0.15, 0.2) is 36.4 Å². The maximum Gasteiger partial charge on any atom is 0.171 e. The number of nitrogens with one attached hydrogen (secondary N) is 2. The predicted octanol–water partition coefficient (Wildman–Crippen LogP) is 4.63. The molecular weight excluding hydrogens is 302 g/mol. The molecule has 0 aliphatic rings. The van der Waals surface area contributed by atoms with Crippen LogP contribution in [0.4, 0.5) is 14.5 Å². The van der Waals surface area contributed by atoms with Crippen molar-refractivity contribution in [2.75, 3.05) is 5.32 Å². The van der Waals surface area contributed by atoms with E-state index in [9.17, 15) is 8.78 Å². The van der Waals surface area contributed by atoms with Crippen molar-refractivity contribution < 1.29 is 8.78 Å². The Hall–Kier alpha value is -2.01. The van der Waals surface area contributed by atoms with Crippen LogP contribution < -0.4 is 10.6 Å². The van der Waals surface area contributed by atoms with E-state index in [-0.39, 0.29) is 11.7 Å². The number of benzene rings is 2. The molecule has 2 N–H and O–H groups in total. The van der Waals surface area contributed by atoms with Crippen molar-refractivity contribution in [2.45, 2.75) is 26.8 Å². The molecule has 2 rings (SSSR count). The summed E-state index contributed by atoms with van der Waals surface area (Å²) in [5, 5.41) is 6.16. The molecule has 5 heteroatoms. The monoisotopic (exact) mass is 320 g/mol. The Kier molecular flexibility index (Phi) is 5.08. The molecule has 2 nitrogen and oxygen atoms in total. The summed E-state index contributed by atoms with van der Waals surface area (Å²) in [6.45, 7) is 6.04. The van der Waals surface area contributed by atoms with Gasteiger partial charge >= 0.3 is 0 Å². The van der Waals surface area contributed by atoms with Crippen molar-refractivity contribution in [3.63, 3.8) is 0 Å². The summed E-state index contributed by atoms with van der Waals surface area (Å²) in [4.78, 5) is 0. The Morgan fingerprint density at radius 2 is 1.82 bits per heavy atom. The third-order valence-electron chi connectivity index (χ3n) is 3.43. The van der Waals surface area contributed by atoms with Gasteiger partial charge in [-0.05, 0) is 56.2 Å². The third kappa shape index (κ3) is 4.01. The van der Waals surface area contributed by atoms with E-state index in [2.05, 4.69) is 28.8 Å². The lowest BCUT2D eigenvalue weighted by Crippen LogP contribution is -2.31. The summed E-state index contributed by atoms with van der Waals surface area (Å²) in [5.74, 6) is -1.30. The van der Waals surface area contributed by atoms with E-state index in [0.29, 0.717) is 5.11 Å². The average molecular weight is 320 g/mol. The van der Waals surface area contributed by atoms with Gasteiger partial charge in [-0.25, -0.2) is 8.78 Å².